The molecule has 0 saturated carbocycles. The van der Waals surface area contributed by atoms with Crippen LogP contribution in [-0.4, -0.2) is 53.2 Å². The van der Waals surface area contributed by atoms with Crippen molar-refractivity contribution in [3.05, 3.63) is 48.2 Å². The minimum Gasteiger partial charge on any atom is -0.463 e. The Hall–Kier alpha value is -3.13. The molecular formula is C24H31N3O5. The number of aromatic amines is 1. The molecule has 4 N–H and O–H groups in total. The summed E-state index contributed by atoms with van der Waals surface area (Å²) in [5, 5.41) is 15.9. The molecule has 1 aliphatic rings. The number of cyclic esters (lactones) is 1. The van der Waals surface area contributed by atoms with Gasteiger partial charge < -0.3 is 25.5 Å². The van der Waals surface area contributed by atoms with Crippen LogP contribution in [-0.2, 0) is 25.5 Å². The van der Waals surface area contributed by atoms with Crippen LogP contribution in [0.2, 0.25) is 0 Å². The summed E-state index contributed by atoms with van der Waals surface area (Å²) < 4.78 is 5.42. The Kier molecular flexibility index (Phi) is 8.44. The predicted octanol–water partition coefficient (Wildman–Crippen LogP) is 1.98. The minimum absolute atomic E-state index is 0.0140. The number of fused-ring (bicyclic) bond motifs is 1. The number of para-hydroxylation sites is 1. The molecule has 3 atom stereocenters. The molecule has 2 amide bonds. The van der Waals surface area contributed by atoms with Crippen molar-refractivity contribution in [1.82, 2.24) is 15.6 Å². The highest BCUT2D eigenvalue weighted by Gasteiger charge is 2.25. The molecule has 2 aromatic rings. The van der Waals surface area contributed by atoms with Gasteiger partial charge in [0.1, 0.15) is 6.61 Å². The molecule has 32 heavy (non-hydrogen) atoms. The Morgan fingerprint density at radius 3 is 2.91 bits per heavy atom. The molecular weight excluding hydrogens is 410 g/mol. The van der Waals surface area contributed by atoms with Gasteiger partial charge in [0.2, 0.25) is 11.8 Å². The molecule has 2 heterocycles. The number of H-pyrrole nitrogens is 1. The lowest BCUT2D eigenvalue weighted by Crippen LogP contribution is -2.45. The maximum atomic E-state index is 13.1. The number of amides is 2. The van der Waals surface area contributed by atoms with Gasteiger partial charge in [0.15, 0.2) is 0 Å². The van der Waals surface area contributed by atoms with E-state index in [1.807, 2.05) is 42.6 Å². The van der Waals surface area contributed by atoms with E-state index < -0.39 is 12.0 Å². The molecule has 1 aromatic heterocycles. The molecule has 0 aliphatic carbocycles. The van der Waals surface area contributed by atoms with E-state index in [-0.39, 0.29) is 49.9 Å². The number of rotatable bonds is 6. The number of aliphatic hydroxyl groups is 1. The number of esters is 1. The molecule has 0 spiro atoms. The molecule has 0 fully saturated rings. The van der Waals surface area contributed by atoms with Crippen molar-refractivity contribution in [2.45, 2.75) is 51.1 Å². The number of carbonyl (C=O) groups is 3. The first kappa shape index (κ1) is 23.5. The lowest BCUT2D eigenvalue weighted by Gasteiger charge is -2.23. The van der Waals surface area contributed by atoms with Crippen LogP contribution in [0.1, 0.15) is 38.2 Å². The number of ether oxygens (including phenoxy) is 1. The number of nitrogens with one attached hydrogen (secondary N) is 3. The fraction of sp³-hybridized carbons (Fsp3) is 0.458. The summed E-state index contributed by atoms with van der Waals surface area (Å²) in [6.45, 7) is 1.60. The smallest absolute Gasteiger partial charge is 0.306 e. The third-order valence-corrected chi connectivity index (χ3v) is 5.52. The first-order valence-electron chi connectivity index (χ1n) is 11.0. The van der Waals surface area contributed by atoms with Crippen molar-refractivity contribution in [3.63, 3.8) is 0 Å². The predicted molar refractivity (Wildman–Crippen MR) is 121 cm³/mol. The van der Waals surface area contributed by atoms with Crippen LogP contribution in [0.4, 0.5) is 0 Å². The fourth-order valence-electron chi connectivity index (χ4n) is 3.77. The summed E-state index contributed by atoms with van der Waals surface area (Å²) in [6, 6.07) is 7.09. The number of allylic oxidation sites excluding steroid dienone is 2. The van der Waals surface area contributed by atoms with Gasteiger partial charge in [-0.1, -0.05) is 30.4 Å². The SMILES string of the molecule is C[C@@H](CO)NC(=O)C[C@H]1CC=CCCC(=O)OC[C@H](Cc2c[nH]c3ccccc23)NC1=O. The zero-order valence-electron chi connectivity index (χ0n) is 18.3. The van der Waals surface area contributed by atoms with Gasteiger partial charge in [-0.25, -0.2) is 0 Å². The highest BCUT2D eigenvalue weighted by molar-refractivity contribution is 5.86. The Morgan fingerprint density at radius 1 is 1.28 bits per heavy atom. The molecule has 1 aliphatic heterocycles. The van der Waals surface area contributed by atoms with Gasteiger partial charge in [0.25, 0.3) is 0 Å². The summed E-state index contributed by atoms with van der Waals surface area (Å²) in [6.07, 6.45) is 7.24. The normalized spacial score (nSPS) is 21.2. The molecule has 3 rings (SSSR count). The molecule has 172 valence electrons. The van der Waals surface area contributed by atoms with Crippen LogP contribution in [0.25, 0.3) is 10.9 Å². The summed E-state index contributed by atoms with van der Waals surface area (Å²) >= 11 is 0. The average molecular weight is 442 g/mol. The molecule has 8 nitrogen and oxygen atoms in total. The summed E-state index contributed by atoms with van der Waals surface area (Å²) in [5.41, 5.74) is 2.01. The van der Waals surface area contributed by atoms with Crippen molar-refractivity contribution in [2.24, 2.45) is 5.92 Å². The van der Waals surface area contributed by atoms with Crippen LogP contribution in [0.15, 0.2) is 42.6 Å². The quantitative estimate of drug-likeness (QED) is 0.404. The number of hydrogen-bond acceptors (Lipinski definition) is 5. The Morgan fingerprint density at radius 2 is 2.09 bits per heavy atom. The van der Waals surface area contributed by atoms with Crippen molar-refractivity contribution in [2.75, 3.05) is 13.2 Å². The van der Waals surface area contributed by atoms with Gasteiger partial charge in [-0.05, 0) is 37.8 Å². The topological polar surface area (TPSA) is 121 Å². The maximum absolute atomic E-state index is 13.1. The molecule has 0 saturated heterocycles. The van der Waals surface area contributed by atoms with E-state index in [0.717, 1.165) is 16.5 Å². The second kappa shape index (κ2) is 11.5. The van der Waals surface area contributed by atoms with Gasteiger partial charge in [-0.2, -0.15) is 0 Å². The zero-order chi connectivity index (χ0) is 22.9. The third-order valence-electron chi connectivity index (χ3n) is 5.52. The van der Waals surface area contributed by atoms with Crippen LogP contribution in [0.5, 0.6) is 0 Å². The molecule has 1 aromatic carbocycles. The number of benzene rings is 1. The number of hydrogen-bond donors (Lipinski definition) is 4. The summed E-state index contributed by atoms with van der Waals surface area (Å²) in [5.74, 6) is -1.41. The van der Waals surface area contributed by atoms with E-state index >= 15 is 0 Å². The first-order chi connectivity index (χ1) is 15.5. The van der Waals surface area contributed by atoms with E-state index in [9.17, 15) is 14.4 Å². The van der Waals surface area contributed by atoms with Crippen LogP contribution < -0.4 is 10.6 Å². The highest BCUT2D eigenvalue weighted by Crippen LogP contribution is 2.20. The second-order valence-corrected chi connectivity index (χ2v) is 8.25. The third kappa shape index (κ3) is 6.68. The van der Waals surface area contributed by atoms with Crippen LogP contribution >= 0.6 is 0 Å². The van der Waals surface area contributed by atoms with Gasteiger partial charge in [0, 0.05) is 36.0 Å². The van der Waals surface area contributed by atoms with E-state index in [4.69, 9.17) is 9.84 Å². The number of carbonyl (C=O) groups excluding carboxylic acids is 3. The molecule has 8 heteroatoms. The molecule has 0 bridgehead atoms. The van der Waals surface area contributed by atoms with Gasteiger partial charge in [0.05, 0.1) is 18.6 Å². The lowest BCUT2D eigenvalue weighted by molar-refractivity contribution is -0.145. The van der Waals surface area contributed by atoms with E-state index in [1.165, 1.54) is 0 Å². The number of aromatic nitrogens is 1. The molecule has 0 radical (unpaired) electrons. The van der Waals surface area contributed by atoms with Crippen LogP contribution in [0.3, 0.4) is 0 Å². The van der Waals surface area contributed by atoms with Crippen LogP contribution in [0, 0.1) is 5.92 Å². The fourth-order valence-corrected chi connectivity index (χ4v) is 3.77. The standard InChI is InChI=1S/C24H31N3O5/c1-16(14-28)26-22(29)12-17-7-3-2-4-10-23(30)32-15-19(27-24(17)31)11-18-13-25-21-9-6-5-8-20(18)21/h2-3,5-6,8-9,13,16-17,19,25,28H,4,7,10-12,14-15H2,1H3,(H,26,29)(H,27,31)/t16-,17+,19-/m0/s1. The monoisotopic (exact) mass is 441 g/mol. The van der Waals surface area contributed by atoms with Crippen molar-refractivity contribution < 1.29 is 24.2 Å². The van der Waals surface area contributed by atoms with E-state index in [1.54, 1.807) is 6.92 Å². The highest BCUT2D eigenvalue weighted by atomic mass is 16.5. The van der Waals surface area contributed by atoms with E-state index in [0.29, 0.717) is 19.3 Å². The first-order valence-corrected chi connectivity index (χ1v) is 11.0. The second-order valence-electron chi connectivity index (χ2n) is 8.25. The Balaban J connectivity index is 1.75. The van der Waals surface area contributed by atoms with Gasteiger partial charge in [-0.3, -0.25) is 14.4 Å². The molecule has 0 unspecified atom stereocenters. The largest absolute Gasteiger partial charge is 0.463 e. The Bertz CT molecular complexity index is 967. The average Bonchev–Trinajstić information content (AvgIpc) is 3.18. The summed E-state index contributed by atoms with van der Waals surface area (Å²) in [4.78, 5) is 40.7. The van der Waals surface area contributed by atoms with Crippen molar-refractivity contribution in [3.8, 4) is 0 Å². The Labute approximate surface area is 187 Å². The van der Waals surface area contributed by atoms with Crippen molar-refractivity contribution in [1.29, 1.82) is 0 Å². The van der Waals surface area contributed by atoms with Crippen molar-refractivity contribution >= 4 is 28.7 Å². The zero-order valence-corrected chi connectivity index (χ0v) is 18.3. The maximum Gasteiger partial charge on any atom is 0.306 e. The number of aliphatic hydroxyl groups excluding tert-OH is 1. The summed E-state index contributed by atoms with van der Waals surface area (Å²) in [7, 11) is 0. The van der Waals surface area contributed by atoms with E-state index in [2.05, 4.69) is 15.6 Å². The minimum atomic E-state index is -0.558. The van der Waals surface area contributed by atoms with Gasteiger partial charge in [-0.15, -0.1) is 0 Å². The van der Waals surface area contributed by atoms with Gasteiger partial charge >= 0.3 is 5.97 Å². The lowest BCUT2D eigenvalue weighted by atomic mass is 9.97.